The summed E-state index contributed by atoms with van der Waals surface area (Å²) in [4.78, 5) is 4.64. The van der Waals surface area contributed by atoms with Crippen LogP contribution in [0.3, 0.4) is 0 Å². The minimum absolute atomic E-state index is 0.641. The average Bonchev–Trinajstić information content (AvgIpc) is 3.21. The van der Waals surface area contributed by atoms with E-state index in [1.165, 1.54) is 18.5 Å². The number of aromatic nitrogens is 3. The zero-order valence-electron chi connectivity index (χ0n) is 11.3. The number of nitrogens with zero attached hydrogens (tertiary/aromatic N) is 3. The lowest BCUT2D eigenvalue weighted by Gasteiger charge is -2.05. The predicted octanol–water partition coefficient (Wildman–Crippen LogP) is 2.74. The van der Waals surface area contributed by atoms with Crippen LogP contribution in [-0.4, -0.2) is 21.3 Å². The highest BCUT2D eigenvalue weighted by Crippen LogP contribution is 2.38. The minimum atomic E-state index is 0.641. The standard InChI is InChI=1S/C15H20N4/c1-19-14(17-15(18-19)12-9-10-12)8-5-11-16-13-6-3-2-4-7-13/h2-4,6-7,12,16H,5,8-11H2,1H3. The van der Waals surface area contributed by atoms with Crippen molar-refractivity contribution >= 4 is 5.69 Å². The van der Waals surface area contributed by atoms with Crippen LogP contribution in [-0.2, 0) is 13.5 Å². The molecule has 0 amide bonds. The van der Waals surface area contributed by atoms with Crippen molar-refractivity contribution in [3.63, 3.8) is 0 Å². The molecule has 1 saturated carbocycles. The van der Waals surface area contributed by atoms with Crippen LogP contribution in [0.4, 0.5) is 5.69 Å². The van der Waals surface area contributed by atoms with Gasteiger partial charge in [0.2, 0.25) is 0 Å². The summed E-state index contributed by atoms with van der Waals surface area (Å²) in [6.45, 7) is 0.968. The average molecular weight is 256 g/mol. The summed E-state index contributed by atoms with van der Waals surface area (Å²) in [5, 5.41) is 7.91. The Morgan fingerprint density at radius 1 is 1.26 bits per heavy atom. The third kappa shape index (κ3) is 3.13. The van der Waals surface area contributed by atoms with E-state index in [1.807, 2.05) is 29.9 Å². The molecule has 1 aromatic carbocycles. The van der Waals surface area contributed by atoms with Gasteiger partial charge in [0.1, 0.15) is 5.82 Å². The molecule has 1 fully saturated rings. The Kier molecular flexibility index (Phi) is 3.49. The van der Waals surface area contributed by atoms with E-state index in [0.717, 1.165) is 31.0 Å². The van der Waals surface area contributed by atoms with E-state index in [2.05, 4.69) is 27.5 Å². The van der Waals surface area contributed by atoms with Crippen molar-refractivity contribution in [3.05, 3.63) is 42.0 Å². The number of nitrogens with one attached hydrogen (secondary N) is 1. The first kappa shape index (κ1) is 12.2. The Hall–Kier alpha value is -1.84. The van der Waals surface area contributed by atoms with Gasteiger partial charge in [-0.3, -0.25) is 4.68 Å². The topological polar surface area (TPSA) is 42.7 Å². The number of benzene rings is 1. The fraction of sp³-hybridized carbons (Fsp3) is 0.467. The minimum Gasteiger partial charge on any atom is -0.385 e. The summed E-state index contributed by atoms with van der Waals surface area (Å²) in [6.07, 6.45) is 4.58. The van der Waals surface area contributed by atoms with E-state index >= 15 is 0 Å². The van der Waals surface area contributed by atoms with Crippen LogP contribution < -0.4 is 5.32 Å². The molecule has 1 N–H and O–H groups in total. The molecular weight excluding hydrogens is 236 g/mol. The fourth-order valence-corrected chi connectivity index (χ4v) is 2.21. The van der Waals surface area contributed by atoms with E-state index in [0.29, 0.717) is 5.92 Å². The van der Waals surface area contributed by atoms with Gasteiger partial charge in [-0.15, -0.1) is 0 Å². The molecule has 1 aliphatic carbocycles. The Morgan fingerprint density at radius 2 is 2.05 bits per heavy atom. The van der Waals surface area contributed by atoms with Gasteiger partial charge in [0.05, 0.1) is 0 Å². The first-order chi connectivity index (χ1) is 9.33. The lowest BCUT2D eigenvalue weighted by molar-refractivity contribution is 0.675. The molecule has 2 aromatic rings. The molecule has 1 aliphatic rings. The van der Waals surface area contributed by atoms with E-state index in [9.17, 15) is 0 Å². The monoisotopic (exact) mass is 256 g/mol. The first-order valence-electron chi connectivity index (χ1n) is 7.01. The Bertz CT molecular complexity index is 528. The number of hydrogen-bond acceptors (Lipinski definition) is 3. The Morgan fingerprint density at radius 3 is 2.79 bits per heavy atom. The van der Waals surface area contributed by atoms with Crippen LogP contribution >= 0.6 is 0 Å². The van der Waals surface area contributed by atoms with Gasteiger partial charge in [-0.1, -0.05) is 18.2 Å². The van der Waals surface area contributed by atoms with Crippen LogP contribution in [0.15, 0.2) is 30.3 Å². The van der Waals surface area contributed by atoms with Crippen molar-refractivity contribution in [1.82, 2.24) is 14.8 Å². The second-order valence-electron chi connectivity index (χ2n) is 5.18. The smallest absolute Gasteiger partial charge is 0.154 e. The molecule has 0 spiro atoms. The predicted molar refractivity (Wildman–Crippen MR) is 76.2 cm³/mol. The molecule has 0 aliphatic heterocycles. The molecule has 1 aromatic heterocycles. The van der Waals surface area contributed by atoms with Crippen LogP contribution in [0, 0.1) is 0 Å². The van der Waals surface area contributed by atoms with Gasteiger partial charge in [0, 0.05) is 31.6 Å². The van der Waals surface area contributed by atoms with Gasteiger partial charge in [0.15, 0.2) is 5.82 Å². The summed E-state index contributed by atoms with van der Waals surface area (Å²) in [7, 11) is 2.00. The first-order valence-corrected chi connectivity index (χ1v) is 7.01. The molecule has 4 heteroatoms. The van der Waals surface area contributed by atoms with Crippen molar-refractivity contribution in [2.45, 2.75) is 31.6 Å². The van der Waals surface area contributed by atoms with Crippen LogP contribution in [0.5, 0.6) is 0 Å². The van der Waals surface area contributed by atoms with Crippen molar-refractivity contribution < 1.29 is 0 Å². The maximum absolute atomic E-state index is 4.64. The highest BCUT2D eigenvalue weighted by molar-refractivity contribution is 5.42. The summed E-state index contributed by atoms with van der Waals surface area (Å²) in [6, 6.07) is 10.3. The molecule has 100 valence electrons. The maximum Gasteiger partial charge on any atom is 0.154 e. The zero-order chi connectivity index (χ0) is 13.1. The largest absolute Gasteiger partial charge is 0.385 e. The van der Waals surface area contributed by atoms with E-state index < -0.39 is 0 Å². The number of aryl methyl sites for hydroxylation is 2. The van der Waals surface area contributed by atoms with Gasteiger partial charge < -0.3 is 5.32 Å². The lowest BCUT2D eigenvalue weighted by atomic mass is 10.2. The molecule has 4 nitrogen and oxygen atoms in total. The third-order valence-corrected chi connectivity index (χ3v) is 3.49. The van der Waals surface area contributed by atoms with E-state index in [4.69, 9.17) is 0 Å². The van der Waals surface area contributed by atoms with Gasteiger partial charge in [0.25, 0.3) is 0 Å². The summed E-state index contributed by atoms with van der Waals surface area (Å²) >= 11 is 0. The van der Waals surface area contributed by atoms with E-state index in [1.54, 1.807) is 0 Å². The molecular formula is C15H20N4. The molecule has 0 radical (unpaired) electrons. The number of anilines is 1. The van der Waals surface area contributed by atoms with Crippen LogP contribution in [0.1, 0.15) is 36.8 Å². The zero-order valence-corrected chi connectivity index (χ0v) is 11.3. The second-order valence-corrected chi connectivity index (χ2v) is 5.18. The highest BCUT2D eigenvalue weighted by atomic mass is 15.3. The van der Waals surface area contributed by atoms with Gasteiger partial charge >= 0.3 is 0 Å². The number of para-hydroxylation sites is 1. The number of hydrogen-bond donors (Lipinski definition) is 1. The fourth-order valence-electron chi connectivity index (χ4n) is 2.21. The van der Waals surface area contributed by atoms with Crippen LogP contribution in [0.2, 0.25) is 0 Å². The second kappa shape index (κ2) is 5.43. The van der Waals surface area contributed by atoms with Gasteiger partial charge in [-0.25, -0.2) is 4.98 Å². The Labute approximate surface area is 113 Å². The van der Waals surface area contributed by atoms with Crippen molar-refractivity contribution in [3.8, 4) is 0 Å². The summed E-state index contributed by atoms with van der Waals surface area (Å²) in [5.41, 5.74) is 1.18. The third-order valence-electron chi connectivity index (χ3n) is 3.49. The van der Waals surface area contributed by atoms with Crippen molar-refractivity contribution in [1.29, 1.82) is 0 Å². The highest BCUT2D eigenvalue weighted by Gasteiger charge is 2.28. The van der Waals surface area contributed by atoms with Gasteiger partial charge in [-0.05, 0) is 31.4 Å². The maximum atomic E-state index is 4.64. The summed E-state index contributed by atoms with van der Waals surface area (Å²) in [5.74, 6) is 2.80. The lowest BCUT2D eigenvalue weighted by Crippen LogP contribution is -2.06. The quantitative estimate of drug-likeness (QED) is 0.808. The number of rotatable bonds is 6. The van der Waals surface area contributed by atoms with Crippen LogP contribution in [0.25, 0.3) is 0 Å². The van der Waals surface area contributed by atoms with E-state index in [-0.39, 0.29) is 0 Å². The van der Waals surface area contributed by atoms with Crippen molar-refractivity contribution in [2.75, 3.05) is 11.9 Å². The molecule has 1 heterocycles. The molecule has 0 bridgehead atoms. The Balaban J connectivity index is 1.47. The molecule has 0 saturated heterocycles. The van der Waals surface area contributed by atoms with Gasteiger partial charge in [-0.2, -0.15) is 5.10 Å². The SMILES string of the molecule is Cn1nc(C2CC2)nc1CCCNc1ccccc1. The van der Waals surface area contributed by atoms with Crippen molar-refractivity contribution in [2.24, 2.45) is 7.05 Å². The molecule has 3 rings (SSSR count). The molecule has 0 atom stereocenters. The summed E-state index contributed by atoms with van der Waals surface area (Å²) < 4.78 is 1.94. The molecule has 0 unspecified atom stereocenters. The normalized spacial score (nSPS) is 14.6. The molecule has 19 heavy (non-hydrogen) atoms.